The van der Waals surface area contributed by atoms with Crippen LogP contribution in [-0.2, 0) is 7.05 Å². The summed E-state index contributed by atoms with van der Waals surface area (Å²) in [7, 11) is 1.80. The maximum absolute atomic E-state index is 12.1. The van der Waals surface area contributed by atoms with E-state index in [0.29, 0.717) is 11.7 Å². The van der Waals surface area contributed by atoms with Crippen molar-refractivity contribution >= 4 is 11.7 Å². The number of aryl methyl sites for hydroxylation is 2. The third kappa shape index (κ3) is 3.63. The van der Waals surface area contributed by atoms with Gasteiger partial charge in [0.1, 0.15) is 12.2 Å². The Kier molecular flexibility index (Phi) is 4.80. The number of benzene rings is 1. The lowest BCUT2D eigenvalue weighted by molar-refractivity contribution is 0.248. The predicted molar refractivity (Wildman–Crippen MR) is 86.8 cm³/mol. The second-order valence-electron chi connectivity index (χ2n) is 5.79. The average Bonchev–Trinajstić information content (AvgIpc) is 2.86. The molecule has 0 radical (unpaired) electrons. The Morgan fingerprint density at radius 1 is 1.27 bits per heavy atom. The smallest absolute Gasteiger partial charge is 0.319 e. The van der Waals surface area contributed by atoms with Crippen LogP contribution < -0.4 is 10.6 Å². The third-order valence-corrected chi connectivity index (χ3v) is 3.64. The fraction of sp³-hybridized carbons (Fsp3) is 0.438. The molecule has 0 aliphatic rings. The first-order valence-electron chi connectivity index (χ1n) is 7.40. The zero-order valence-corrected chi connectivity index (χ0v) is 13.7. The predicted octanol–water partition coefficient (Wildman–Crippen LogP) is 3.13. The van der Waals surface area contributed by atoms with Gasteiger partial charge in [-0.2, -0.15) is 5.10 Å². The van der Waals surface area contributed by atoms with Gasteiger partial charge in [0.15, 0.2) is 0 Å². The summed E-state index contributed by atoms with van der Waals surface area (Å²) in [5, 5.41) is 9.73. The second-order valence-corrected chi connectivity index (χ2v) is 5.79. The van der Waals surface area contributed by atoms with Gasteiger partial charge in [-0.25, -0.2) is 9.78 Å². The molecule has 0 spiro atoms. The molecule has 0 fully saturated rings. The van der Waals surface area contributed by atoms with E-state index in [1.807, 2.05) is 25.1 Å². The summed E-state index contributed by atoms with van der Waals surface area (Å²) in [5.41, 5.74) is 3.25. The maximum atomic E-state index is 12.1. The van der Waals surface area contributed by atoms with E-state index in [1.165, 1.54) is 17.5 Å². The number of anilines is 1. The van der Waals surface area contributed by atoms with Crippen LogP contribution in [0.15, 0.2) is 24.5 Å². The zero-order chi connectivity index (χ0) is 16.3. The summed E-state index contributed by atoms with van der Waals surface area (Å²) in [6.45, 7) is 8.23. The largest absolute Gasteiger partial charge is 0.328 e. The molecule has 1 aromatic carbocycles. The van der Waals surface area contributed by atoms with E-state index < -0.39 is 0 Å². The topological polar surface area (TPSA) is 71.8 Å². The number of nitrogens with one attached hydrogen (secondary N) is 2. The average molecular weight is 301 g/mol. The van der Waals surface area contributed by atoms with Gasteiger partial charge in [0.2, 0.25) is 0 Å². The number of carbonyl (C=O) groups excluding carboxylic acids is 1. The van der Waals surface area contributed by atoms with Crippen molar-refractivity contribution < 1.29 is 4.79 Å². The van der Waals surface area contributed by atoms with E-state index in [2.05, 4.69) is 41.5 Å². The number of rotatable bonds is 4. The van der Waals surface area contributed by atoms with E-state index in [-0.39, 0.29) is 12.1 Å². The molecule has 2 N–H and O–H groups in total. The lowest BCUT2D eigenvalue weighted by Crippen LogP contribution is -2.32. The Hall–Kier alpha value is -2.37. The normalized spacial score (nSPS) is 12.3. The van der Waals surface area contributed by atoms with Crippen LogP contribution in [0.5, 0.6) is 0 Å². The van der Waals surface area contributed by atoms with Crippen molar-refractivity contribution in [2.24, 2.45) is 7.05 Å². The number of hydrogen-bond donors (Lipinski definition) is 2. The van der Waals surface area contributed by atoms with Gasteiger partial charge in [0.05, 0.1) is 6.04 Å². The maximum Gasteiger partial charge on any atom is 0.319 e. The number of aromatic nitrogens is 3. The molecule has 0 aliphatic heterocycles. The van der Waals surface area contributed by atoms with Crippen LogP contribution in [0, 0.1) is 6.92 Å². The van der Waals surface area contributed by atoms with Crippen molar-refractivity contribution in [3.05, 3.63) is 41.5 Å². The Morgan fingerprint density at radius 3 is 2.59 bits per heavy atom. The molecule has 0 saturated carbocycles. The van der Waals surface area contributed by atoms with E-state index in [4.69, 9.17) is 0 Å². The molecule has 2 amide bonds. The first kappa shape index (κ1) is 16.0. The summed E-state index contributed by atoms with van der Waals surface area (Å²) in [4.78, 5) is 16.2. The first-order chi connectivity index (χ1) is 10.4. The van der Waals surface area contributed by atoms with E-state index in [0.717, 1.165) is 5.69 Å². The minimum Gasteiger partial charge on any atom is -0.328 e. The van der Waals surface area contributed by atoms with Gasteiger partial charge in [-0.05, 0) is 43.0 Å². The van der Waals surface area contributed by atoms with Gasteiger partial charge in [0, 0.05) is 12.7 Å². The highest BCUT2D eigenvalue weighted by molar-refractivity contribution is 5.89. The second kappa shape index (κ2) is 6.60. The third-order valence-electron chi connectivity index (χ3n) is 3.64. The van der Waals surface area contributed by atoms with E-state index in [9.17, 15) is 4.79 Å². The van der Waals surface area contributed by atoms with Crippen molar-refractivity contribution in [3.63, 3.8) is 0 Å². The molecule has 1 unspecified atom stereocenters. The van der Waals surface area contributed by atoms with Crippen LogP contribution in [0.3, 0.4) is 0 Å². The van der Waals surface area contributed by atoms with Crippen molar-refractivity contribution in [3.8, 4) is 0 Å². The highest BCUT2D eigenvalue weighted by Gasteiger charge is 2.14. The van der Waals surface area contributed by atoms with Crippen molar-refractivity contribution in [1.29, 1.82) is 0 Å². The van der Waals surface area contributed by atoms with Crippen molar-refractivity contribution in [1.82, 2.24) is 20.1 Å². The van der Waals surface area contributed by atoms with Crippen LogP contribution in [0.1, 0.15) is 49.7 Å². The molecule has 2 aromatic rings. The molecule has 1 heterocycles. The van der Waals surface area contributed by atoms with Crippen LogP contribution in [-0.4, -0.2) is 20.8 Å². The first-order valence-corrected chi connectivity index (χ1v) is 7.40. The number of carbonyl (C=O) groups is 1. The molecule has 0 bridgehead atoms. The standard InChI is InChI=1S/C16H23N5O/c1-10(2)14-8-13(7-6-11(14)3)20-16(22)19-12(4)15-17-9-18-21(15)5/h6-10,12H,1-5H3,(H2,19,20,22). The molecule has 22 heavy (non-hydrogen) atoms. The van der Waals surface area contributed by atoms with E-state index in [1.54, 1.807) is 11.7 Å². The van der Waals surface area contributed by atoms with Crippen LogP contribution in [0.4, 0.5) is 10.5 Å². The van der Waals surface area contributed by atoms with Gasteiger partial charge in [0.25, 0.3) is 0 Å². The van der Waals surface area contributed by atoms with Gasteiger partial charge in [-0.3, -0.25) is 4.68 Å². The number of urea groups is 1. The lowest BCUT2D eigenvalue weighted by atomic mass is 9.97. The highest BCUT2D eigenvalue weighted by atomic mass is 16.2. The molecular formula is C16H23N5O. The molecule has 0 saturated heterocycles. The fourth-order valence-electron chi connectivity index (χ4n) is 2.47. The monoisotopic (exact) mass is 301 g/mol. The molecule has 1 aromatic heterocycles. The SMILES string of the molecule is Cc1ccc(NC(=O)NC(C)c2ncnn2C)cc1C(C)C. The van der Waals surface area contributed by atoms with Crippen LogP contribution >= 0.6 is 0 Å². The zero-order valence-electron chi connectivity index (χ0n) is 13.7. The Balaban J connectivity index is 2.03. The van der Waals surface area contributed by atoms with Crippen LogP contribution in [0.2, 0.25) is 0 Å². The Morgan fingerprint density at radius 2 is 2.00 bits per heavy atom. The number of nitrogens with zero attached hydrogens (tertiary/aromatic N) is 3. The molecule has 1 atom stereocenters. The minimum absolute atomic E-state index is 0.220. The molecule has 2 rings (SSSR count). The molecule has 6 nitrogen and oxygen atoms in total. The summed E-state index contributed by atoms with van der Waals surface area (Å²) < 4.78 is 1.65. The summed E-state index contributed by atoms with van der Waals surface area (Å²) >= 11 is 0. The van der Waals surface area contributed by atoms with Gasteiger partial charge >= 0.3 is 6.03 Å². The summed E-state index contributed by atoms with van der Waals surface area (Å²) in [6, 6.07) is 5.48. The van der Waals surface area contributed by atoms with Crippen molar-refractivity contribution in [2.45, 2.75) is 39.7 Å². The van der Waals surface area contributed by atoms with Gasteiger partial charge in [-0.15, -0.1) is 0 Å². The quantitative estimate of drug-likeness (QED) is 0.911. The molecule has 118 valence electrons. The molecule has 6 heteroatoms. The lowest BCUT2D eigenvalue weighted by Gasteiger charge is -2.16. The molecular weight excluding hydrogens is 278 g/mol. The minimum atomic E-state index is -0.256. The Bertz CT molecular complexity index is 662. The summed E-state index contributed by atoms with van der Waals surface area (Å²) in [6.07, 6.45) is 1.47. The van der Waals surface area contributed by atoms with Gasteiger partial charge < -0.3 is 10.6 Å². The van der Waals surface area contributed by atoms with E-state index >= 15 is 0 Å². The fourth-order valence-corrected chi connectivity index (χ4v) is 2.47. The number of hydrogen-bond acceptors (Lipinski definition) is 3. The van der Waals surface area contributed by atoms with Crippen LogP contribution in [0.25, 0.3) is 0 Å². The molecule has 0 aliphatic carbocycles. The van der Waals surface area contributed by atoms with Crippen molar-refractivity contribution in [2.75, 3.05) is 5.32 Å². The number of amides is 2. The summed E-state index contributed by atoms with van der Waals surface area (Å²) in [5.74, 6) is 1.13. The Labute approximate surface area is 130 Å². The van der Waals surface area contributed by atoms with Gasteiger partial charge in [-0.1, -0.05) is 19.9 Å². The highest BCUT2D eigenvalue weighted by Crippen LogP contribution is 2.22.